The molecule has 0 atom stereocenters. The van der Waals surface area contributed by atoms with Crippen molar-refractivity contribution in [3.05, 3.63) is 385 Å². The Morgan fingerprint density at radius 2 is 0.273 bits per heavy atom. The summed E-state index contributed by atoms with van der Waals surface area (Å²) in [6.45, 7) is 38.6. The van der Waals surface area contributed by atoms with Crippen LogP contribution in [0.25, 0.3) is 66.8 Å². The third-order valence-electron chi connectivity index (χ3n) is 33.7. The average Bonchev–Trinajstić information content (AvgIpc) is 0.748. The number of hydrogen-bond donors (Lipinski definition) is 6. The van der Waals surface area contributed by atoms with Crippen molar-refractivity contribution in [3.8, 4) is 66.8 Å². The summed E-state index contributed by atoms with van der Waals surface area (Å²) >= 11 is 0. The van der Waals surface area contributed by atoms with Crippen molar-refractivity contribution >= 4 is 69.6 Å². The van der Waals surface area contributed by atoms with Crippen molar-refractivity contribution in [1.29, 1.82) is 0 Å². The lowest BCUT2D eigenvalue weighted by molar-refractivity contribution is 0.101. The zero-order valence-corrected chi connectivity index (χ0v) is 91.8. The van der Waals surface area contributed by atoms with Crippen LogP contribution >= 0.6 is 0 Å². The van der Waals surface area contributed by atoms with Gasteiger partial charge in [0.05, 0.1) is 0 Å². The Kier molecular flexibility index (Phi) is 30.5. The first-order valence-electron chi connectivity index (χ1n) is 56.0. The molecule has 14 aromatic carbocycles. The lowest BCUT2D eigenvalue weighted by atomic mass is 9.64. The quantitative estimate of drug-likeness (QED) is 0.0710. The Morgan fingerprint density at radius 3 is 0.400 bits per heavy atom. The van der Waals surface area contributed by atoms with E-state index in [0.29, 0.717) is 33.4 Å². The number of nitrogens with one attached hydrogen (secondary N) is 6. The highest BCUT2D eigenvalue weighted by Crippen LogP contribution is 2.53. The molecule has 3 aliphatic carbocycles. The van der Waals surface area contributed by atoms with Gasteiger partial charge in [0.15, 0.2) is 0 Å². The topological polar surface area (TPSA) is 175 Å². The Balaban J connectivity index is 0.842. The first-order valence-corrected chi connectivity index (χ1v) is 56.0. The lowest BCUT2D eigenvalue weighted by Crippen LogP contribution is -2.31. The Hall–Kier alpha value is -14.1. The number of carbonyl (C=O) groups excluding carboxylic acids is 6. The molecule has 12 nitrogen and oxygen atoms in total. The van der Waals surface area contributed by atoms with Gasteiger partial charge in [-0.1, -0.05) is 247 Å². The second kappa shape index (κ2) is 43.8. The highest BCUT2D eigenvalue weighted by molar-refractivity contribution is 6.11. The average molecular weight is 1990 g/mol. The van der Waals surface area contributed by atoms with E-state index in [0.717, 1.165) is 374 Å². The fourth-order valence-electron chi connectivity index (χ4n) is 26.2. The number of aryl methyl sites for hydroxylation is 18. The van der Waals surface area contributed by atoms with Crippen LogP contribution in [0.2, 0.25) is 0 Å². The Labute approximate surface area is 890 Å². The fraction of sp³-hybridized carbons (Fsp3) is 0.348. The second-order valence-corrected chi connectivity index (χ2v) is 45.2. The molecule has 24 aliphatic rings. The summed E-state index contributed by atoms with van der Waals surface area (Å²) in [7, 11) is 0. The summed E-state index contributed by atoms with van der Waals surface area (Å²) in [4.78, 5) is 94.9. The molecule has 0 saturated heterocycles. The number of amides is 6. The molecule has 30 bridgehead atoms. The molecule has 6 N–H and O–H groups in total. The molecule has 12 heteroatoms. The molecule has 21 aliphatic heterocycles. The molecule has 150 heavy (non-hydrogen) atoms. The van der Waals surface area contributed by atoms with Crippen molar-refractivity contribution in [2.24, 2.45) is 0 Å². The number of anilines is 6. The van der Waals surface area contributed by atoms with Crippen LogP contribution in [0.3, 0.4) is 0 Å². The Bertz CT molecular complexity index is 6420. The van der Waals surface area contributed by atoms with Crippen molar-refractivity contribution < 1.29 is 28.8 Å². The highest BCUT2D eigenvalue weighted by atomic mass is 16.2. The summed E-state index contributed by atoms with van der Waals surface area (Å²) in [5.74, 6) is -1.28. The lowest BCUT2D eigenvalue weighted by Gasteiger charge is -2.40. The summed E-state index contributed by atoms with van der Waals surface area (Å²) in [5, 5.41) is 21.1. The summed E-state index contributed by atoms with van der Waals surface area (Å²) in [6.07, 6.45) is 24.7. The van der Waals surface area contributed by atoms with Crippen LogP contribution in [0, 0.1) is 83.1 Å². The van der Waals surface area contributed by atoms with Crippen molar-refractivity contribution in [2.45, 2.75) is 314 Å². The van der Waals surface area contributed by atoms with Crippen LogP contribution in [0.5, 0.6) is 0 Å². The SMILES string of the molecule is CCCc1cc2cc(c1)-c1cc3cc(c1)-c1cc(CCC)cc(c1)C(=O)Nc1c(C)cc(cc1C)C1(CCCCC1)c1cc(C)c(c(C)c1)NC(=O)c1cc(CCC)cc(c1)-c1cc(cc(c1)-c1cc(CCC)cc(c1)C(=O)Nc1c(C)cc(cc1C)C1(CCCCC1)c1cc(C)c(c(C)c1)NC(=O)c1cc(CCC)cc-3c1)-c1cc(CCC)cc(c1)C(=O)Nc1c(C)cc(cc1C)C1(CCCCC1)c1cc(C)c(c(C)c1)NC2=O. The van der Waals surface area contributed by atoms with E-state index in [1.807, 2.05) is 36.4 Å². The largest absolute Gasteiger partial charge is 0.322 e. The van der Waals surface area contributed by atoms with E-state index in [-0.39, 0.29) is 51.7 Å². The van der Waals surface area contributed by atoms with Crippen LogP contribution in [0.4, 0.5) is 34.1 Å². The maximum Gasteiger partial charge on any atom is 0.255 e. The first kappa shape index (κ1) is 104. The molecule has 0 aromatic heterocycles. The van der Waals surface area contributed by atoms with Crippen LogP contribution in [0.1, 0.15) is 372 Å². The number of rotatable bonds is 12. The molecule has 14 aromatic rings. The van der Waals surface area contributed by atoms with E-state index in [1.54, 1.807) is 0 Å². The third-order valence-corrected chi connectivity index (χ3v) is 33.7. The number of hydrogen-bond acceptors (Lipinski definition) is 6. The molecule has 38 rings (SSSR count). The van der Waals surface area contributed by atoms with E-state index < -0.39 is 0 Å². The normalized spacial score (nSPS) is 15.5. The molecule has 21 heterocycles. The maximum atomic E-state index is 15.8. The first-order chi connectivity index (χ1) is 72.2. The number of benzene rings is 14. The van der Waals surface area contributed by atoms with E-state index in [2.05, 4.69) is 339 Å². The molecular weight excluding hydrogens is 1840 g/mol. The van der Waals surface area contributed by atoms with E-state index in [9.17, 15) is 0 Å². The zero-order valence-electron chi connectivity index (χ0n) is 91.8. The van der Waals surface area contributed by atoms with Crippen LogP contribution < -0.4 is 31.9 Å². The van der Waals surface area contributed by atoms with Gasteiger partial charge in [-0.3, -0.25) is 28.8 Å². The molecule has 3 spiro atoms. The molecule has 3 fully saturated rings. The van der Waals surface area contributed by atoms with E-state index in [4.69, 9.17) is 0 Å². The third kappa shape index (κ3) is 21.2. The van der Waals surface area contributed by atoms with Crippen LogP contribution in [0.15, 0.2) is 218 Å². The van der Waals surface area contributed by atoms with Crippen molar-refractivity contribution in [3.63, 3.8) is 0 Å². The van der Waals surface area contributed by atoms with Gasteiger partial charge in [-0.05, 0) is 470 Å². The maximum absolute atomic E-state index is 15.8. The summed E-state index contributed by atoms with van der Waals surface area (Å²) in [6, 6.07) is 79.1. The van der Waals surface area contributed by atoms with Crippen LogP contribution in [-0.4, -0.2) is 35.4 Å². The number of carbonyl (C=O) groups is 6. The van der Waals surface area contributed by atoms with Gasteiger partial charge in [-0.25, -0.2) is 0 Å². The van der Waals surface area contributed by atoms with Gasteiger partial charge in [0.1, 0.15) is 0 Å². The minimum absolute atomic E-state index is 0.213. The van der Waals surface area contributed by atoms with Gasteiger partial charge in [-0.15, -0.1) is 0 Å². The standard InChI is InChI=1S/C138H150N6O6/c1-19-34-94-58-100-76-112(64-94)130(145)139-124-82(7)46-118(47-83(124)8)136(40-28-25-29-41-136)119-48-84(9)127(85(10)49-119)142-133(148)115-67-97(37-22-4)61-103(79-115)109-73-110-75-111(74-109)105-63-99(39-24-6)69-117(81-105)135(150)144-129-92(17)56-123(57-93(129)18)138(44-32-27-33-45-138)121-52-88(13)126(89(14)53-121)141-132(147)114-66-96(36-21-3)60-102(78-114)108-71-106(100)70-107(72-108)101-59-95(35-20-2)65-113(77-101)131(146)140-125-86(11)50-120(51-87(125)12)137(42-30-26-31-43-137)122-54-90(15)128(91(16)55-122)143-134(149)116-68-98(38-23-5)62-104(110)80-116/h46-81H,19-45H2,1-18H3,(H,139,145)(H,140,146)(H,141,147)(H,142,148)(H,143,149)(H,144,150). The molecular formula is C138H150N6O6. The molecule has 768 valence electrons. The molecule has 3 saturated carbocycles. The van der Waals surface area contributed by atoms with Gasteiger partial charge < -0.3 is 31.9 Å². The molecule has 0 unspecified atom stereocenters. The highest BCUT2D eigenvalue weighted by Gasteiger charge is 2.42. The monoisotopic (exact) mass is 1990 g/mol. The van der Waals surface area contributed by atoms with Gasteiger partial charge >= 0.3 is 0 Å². The van der Waals surface area contributed by atoms with Crippen molar-refractivity contribution in [2.75, 3.05) is 31.9 Å². The molecule has 6 amide bonds. The van der Waals surface area contributed by atoms with Gasteiger partial charge in [-0.2, -0.15) is 0 Å². The Morgan fingerprint density at radius 1 is 0.160 bits per heavy atom. The summed E-state index contributed by atoms with van der Waals surface area (Å²) in [5.41, 5.74) is 42.2. The summed E-state index contributed by atoms with van der Waals surface area (Å²) < 4.78 is 0. The predicted molar refractivity (Wildman–Crippen MR) is 624 cm³/mol. The second-order valence-electron chi connectivity index (χ2n) is 45.2. The van der Waals surface area contributed by atoms with Crippen molar-refractivity contribution in [1.82, 2.24) is 0 Å². The minimum Gasteiger partial charge on any atom is -0.322 e. The minimum atomic E-state index is -0.366. The van der Waals surface area contributed by atoms with Gasteiger partial charge in [0, 0.05) is 83.7 Å². The van der Waals surface area contributed by atoms with Gasteiger partial charge in [0.2, 0.25) is 0 Å². The van der Waals surface area contributed by atoms with E-state index in [1.165, 1.54) is 33.4 Å². The zero-order chi connectivity index (χ0) is 105. The molecule has 0 radical (unpaired) electrons. The van der Waals surface area contributed by atoms with Crippen LogP contribution in [-0.2, 0) is 54.8 Å². The smallest absolute Gasteiger partial charge is 0.255 e. The fourth-order valence-corrected chi connectivity index (χ4v) is 26.2. The van der Waals surface area contributed by atoms with Gasteiger partial charge in [0.25, 0.3) is 35.4 Å². The predicted octanol–water partition coefficient (Wildman–Crippen LogP) is 35.0. The van der Waals surface area contributed by atoms with E-state index >= 15 is 28.8 Å².